The van der Waals surface area contributed by atoms with Crippen LogP contribution in [0, 0.1) is 0 Å². The van der Waals surface area contributed by atoms with E-state index in [1.54, 1.807) is 14.2 Å². The number of pyridine rings is 1. The number of hydrogen-bond donors (Lipinski definition) is 0. The minimum Gasteiger partial charge on any atom is -0.481 e. The van der Waals surface area contributed by atoms with Crippen molar-refractivity contribution in [2.45, 2.75) is 31.7 Å². The number of piperidine rings is 1. The summed E-state index contributed by atoms with van der Waals surface area (Å²) >= 11 is 0. The Kier molecular flexibility index (Phi) is 5.61. The first-order valence-corrected chi connectivity index (χ1v) is 7.08. The lowest BCUT2D eigenvalue weighted by molar-refractivity contribution is 0.122. The number of likely N-dealkylation sites (tertiary alicyclic amines) is 1. The molecule has 1 fully saturated rings. The quantitative estimate of drug-likeness (QED) is 0.740. The largest absolute Gasteiger partial charge is 0.481 e. The molecule has 0 N–H and O–H groups in total. The molecular formula is C15H24N2O2. The molecule has 1 aliphatic rings. The van der Waals surface area contributed by atoms with E-state index in [0.717, 1.165) is 19.6 Å². The summed E-state index contributed by atoms with van der Waals surface area (Å²) in [6.07, 6.45) is 6.88. The van der Waals surface area contributed by atoms with Crippen LogP contribution in [0.15, 0.2) is 18.3 Å². The summed E-state index contributed by atoms with van der Waals surface area (Å²) in [4.78, 5) is 6.89. The molecule has 1 aliphatic heterocycles. The highest BCUT2D eigenvalue weighted by Gasteiger charge is 2.23. The summed E-state index contributed by atoms with van der Waals surface area (Å²) in [6.45, 7) is 3.12. The maximum atomic E-state index is 5.15. The van der Waals surface area contributed by atoms with Gasteiger partial charge >= 0.3 is 0 Å². The van der Waals surface area contributed by atoms with Crippen LogP contribution < -0.4 is 4.74 Å². The van der Waals surface area contributed by atoms with Crippen LogP contribution in [0.3, 0.4) is 0 Å². The molecule has 0 aliphatic carbocycles. The molecule has 1 saturated heterocycles. The first-order valence-electron chi connectivity index (χ1n) is 7.08. The average molecular weight is 264 g/mol. The summed E-state index contributed by atoms with van der Waals surface area (Å²) in [6, 6.07) is 4.60. The van der Waals surface area contributed by atoms with Crippen molar-refractivity contribution in [2.75, 3.05) is 33.9 Å². The van der Waals surface area contributed by atoms with Gasteiger partial charge in [-0.05, 0) is 31.4 Å². The standard InChI is InChI=1S/C15H24N2O2/c1-18-11-5-10-17-9-4-3-6-14(17)13-7-8-15(19-2)16-12-13/h7-8,12,14H,3-6,9-11H2,1-2H3. The fourth-order valence-electron chi connectivity index (χ4n) is 2.76. The Morgan fingerprint density at radius 3 is 2.89 bits per heavy atom. The van der Waals surface area contributed by atoms with Crippen LogP contribution in [0.4, 0.5) is 0 Å². The lowest BCUT2D eigenvalue weighted by Crippen LogP contribution is -2.34. The van der Waals surface area contributed by atoms with Crippen molar-refractivity contribution in [3.8, 4) is 5.88 Å². The average Bonchev–Trinajstić information content (AvgIpc) is 2.48. The zero-order valence-corrected chi connectivity index (χ0v) is 12.0. The fourth-order valence-corrected chi connectivity index (χ4v) is 2.76. The summed E-state index contributed by atoms with van der Waals surface area (Å²) in [5.74, 6) is 0.686. The van der Waals surface area contributed by atoms with Crippen molar-refractivity contribution in [2.24, 2.45) is 0 Å². The smallest absolute Gasteiger partial charge is 0.212 e. The zero-order chi connectivity index (χ0) is 13.5. The van der Waals surface area contributed by atoms with E-state index in [0.29, 0.717) is 11.9 Å². The maximum absolute atomic E-state index is 5.15. The van der Waals surface area contributed by atoms with Gasteiger partial charge in [0.15, 0.2) is 0 Å². The molecule has 0 spiro atoms. The van der Waals surface area contributed by atoms with Gasteiger partial charge in [-0.3, -0.25) is 4.90 Å². The summed E-state index contributed by atoms with van der Waals surface area (Å²) < 4.78 is 10.3. The van der Waals surface area contributed by atoms with Gasteiger partial charge in [0, 0.05) is 38.6 Å². The SMILES string of the molecule is COCCCN1CCCCC1c1ccc(OC)nc1. The van der Waals surface area contributed by atoms with Crippen LogP contribution in [-0.2, 0) is 4.74 Å². The molecule has 0 amide bonds. The highest BCUT2D eigenvalue weighted by atomic mass is 16.5. The minimum absolute atomic E-state index is 0.504. The van der Waals surface area contributed by atoms with Crippen molar-refractivity contribution in [3.63, 3.8) is 0 Å². The van der Waals surface area contributed by atoms with E-state index >= 15 is 0 Å². The molecule has 1 unspecified atom stereocenters. The van der Waals surface area contributed by atoms with Gasteiger partial charge in [0.1, 0.15) is 0 Å². The van der Waals surface area contributed by atoms with Crippen LogP contribution in [0.1, 0.15) is 37.3 Å². The number of hydrogen-bond acceptors (Lipinski definition) is 4. The van der Waals surface area contributed by atoms with Crippen molar-refractivity contribution in [1.82, 2.24) is 9.88 Å². The Bertz CT molecular complexity index is 367. The van der Waals surface area contributed by atoms with Gasteiger partial charge in [0.2, 0.25) is 5.88 Å². The molecule has 0 radical (unpaired) electrons. The number of rotatable bonds is 6. The van der Waals surface area contributed by atoms with Gasteiger partial charge in [0.25, 0.3) is 0 Å². The van der Waals surface area contributed by atoms with Gasteiger partial charge in [-0.1, -0.05) is 12.5 Å². The van der Waals surface area contributed by atoms with Crippen molar-refractivity contribution >= 4 is 0 Å². The van der Waals surface area contributed by atoms with Gasteiger partial charge in [-0.2, -0.15) is 0 Å². The summed E-state index contributed by atoms with van der Waals surface area (Å²) in [5.41, 5.74) is 1.30. The first kappa shape index (κ1) is 14.3. The van der Waals surface area contributed by atoms with Crippen LogP contribution in [0.25, 0.3) is 0 Å². The van der Waals surface area contributed by atoms with E-state index in [-0.39, 0.29) is 0 Å². The molecule has 19 heavy (non-hydrogen) atoms. The van der Waals surface area contributed by atoms with E-state index in [2.05, 4.69) is 16.0 Å². The van der Waals surface area contributed by atoms with E-state index in [1.165, 1.54) is 31.4 Å². The van der Waals surface area contributed by atoms with E-state index in [4.69, 9.17) is 9.47 Å². The number of ether oxygens (including phenoxy) is 2. The molecule has 1 atom stereocenters. The number of methoxy groups -OCH3 is 2. The van der Waals surface area contributed by atoms with Gasteiger partial charge in [-0.15, -0.1) is 0 Å². The van der Waals surface area contributed by atoms with Gasteiger partial charge in [-0.25, -0.2) is 4.98 Å². The van der Waals surface area contributed by atoms with Crippen LogP contribution in [-0.4, -0.2) is 43.8 Å². The molecule has 106 valence electrons. The van der Waals surface area contributed by atoms with Crippen molar-refractivity contribution in [3.05, 3.63) is 23.9 Å². The molecule has 4 nitrogen and oxygen atoms in total. The third-order valence-corrected chi connectivity index (χ3v) is 3.76. The Balaban J connectivity index is 2.00. The maximum Gasteiger partial charge on any atom is 0.212 e. The highest BCUT2D eigenvalue weighted by Crippen LogP contribution is 2.30. The van der Waals surface area contributed by atoms with Crippen molar-refractivity contribution < 1.29 is 9.47 Å². The molecule has 2 heterocycles. The third-order valence-electron chi connectivity index (χ3n) is 3.76. The topological polar surface area (TPSA) is 34.6 Å². The monoisotopic (exact) mass is 264 g/mol. The number of nitrogens with zero attached hydrogens (tertiary/aromatic N) is 2. The molecular weight excluding hydrogens is 240 g/mol. The molecule has 4 heteroatoms. The molecule has 1 aromatic heterocycles. The number of aromatic nitrogens is 1. The Labute approximate surface area is 115 Å². The van der Waals surface area contributed by atoms with Crippen LogP contribution >= 0.6 is 0 Å². The fraction of sp³-hybridized carbons (Fsp3) is 0.667. The third kappa shape index (κ3) is 3.91. The summed E-state index contributed by atoms with van der Waals surface area (Å²) in [7, 11) is 3.42. The lowest BCUT2D eigenvalue weighted by atomic mass is 9.96. The predicted molar refractivity (Wildman–Crippen MR) is 75.4 cm³/mol. The zero-order valence-electron chi connectivity index (χ0n) is 12.0. The Morgan fingerprint density at radius 1 is 1.32 bits per heavy atom. The lowest BCUT2D eigenvalue weighted by Gasteiger charge is -2.35. The summed E-state index contributed by atoms with van der Waals surface area (Å²) in [5, 5.41) is 0. The second-order valence-electron chi connectivity index (χ2n) is 5.03. The van der Waals surface area contributed by atoms with E-state index < -0.39 is 0 Å². The molecule has 2 rings (SSSR count). The Morgan fingerprint density at radius 2 is 2.21 bits per heavy atom. The predicted octanol–water partition coefficient (Wildman–Crippen LogP) is 2.65. The van der Waals surface area contributed by atoms with Crippen molar-refractivity contribution in [1.29, 1.82) is 0 Å². The normalized spacial score (nSPS) is 20.4. The van der Waals surface area contributed by atoms with Crippen LogP contribution in [0.2, 0.25) is 0 Å². The molecule has 0 bridgehead atoms. The molecule has 0 aromatic carbocycles. The Hall–Kier alpha value is -1.13. The van der Waals surface area contributed by atoms with E-state index in [9.17, 15) is 0 Å². The van der Waals surface area contributed by atoms with Gasteiger partial charge < -0.3 is 9.47 Å². The first-order chi connectivity index (χ1) is 9.35. The second-order valence-corrected chi connectivity index (χ2v) is 5.03. The minimum atomic E-state index is 0.504. The van der Waals surface area contributed by atoms with E-state index in [1.807, 2.05) is 12.3 Å². The second kappa shape index (κ2) is 7.46. The molecule has 1 aromatic rings. The van der Waals surface area contributed by atoms with Crippen LogP contribution in [0.5, 0.6) is 5.88 Å². The highest BCUT2D eigenvalue weighted by molar-refractivity contribution is 5.21. The van der Waals surface area contributed by atoms with Gasteiger partial charge in [0.05, 0.1) is 7.11 Å². The molecule has 0 saturated carbocycles.